The molecule has 0 N–H and O–H groups in total. The van der Waals surface area contributed by atoms with Gasteiger partial charge >= 0.3 is 0 Å². The topological polar surface area (TPSA) is 30.7 Å². The van der Waals surface area contributed by atoms with Gasteiger partial charge in [0.15, 0.2) is 0 Å². The van der Waals surface area contributed by atoms with Gasteiger partial charge in [0.1, 0.15) is 18.0 Å². The summed E-state index contributed by atoms with van der Waals surface area (Å²) in [4.78, 5) is 4.29. The Bertz CT molecular complexity index is 539. The van der Waals surface area contributed by atoms with Crippen LogP contribution >= 0.6 is 15.9 Å². The van der Waals surface area contributed by atoms with Crippen molar-refractivity contribution >= 4 is 15.9 Å². The first-order valence-electron chi connectivity index (χ1n) is 6.32. The van der Waals surface area contributed by atoms with Crippen LogP contribution in [0.25, 0.3) is 0 Å². The van der Waals surface area contributed by atoms with Crippen LogP contribution in [0.5, 0.6) is 0 Å². The molecule has 19 heavy (non-hydrogen) atoms. The average molecular weight is 326 g/mol. The van der Waals surface area contributed by atoms with Gasteiger partial charge < -0.3 is 0 Å². The standard InChI is InChI=1S/C14H17BrFN3/c1-10(2)19-14(17-9-18-19)7-11(8-15)12-5-3-4-6-13(12)16/h3-6,9-11H,7-8H2,1-2H3. The van der Waals surface area contributed by atoms with Gasteiger partial charge in [-0.05, 0) is 25.5 Å². The second-order valence-electron chi connectivity index (χ2n) is 4.79. The van der Waals surface area contributed by atoms with Crippen LogP contribution in [0.15, 0.2) is 30.6 Å². The fourth-order valence-electron chi connectivity index (χ4n) is 2.13. The van der Waals surface area contributed by atoms with Gasteiger partial charge in [-0.15, -0.1) is 0 Å². The highest BCUT2D eigenvalue weighted by molar-refractivity contribution is 9.09. The SMILES string of the molecule is CC(C)n1ncnc1CC(CBr)c1ccccc1F. The normalized spacial score (nSPS) is 12.9. The van der Waals surface area contributed by atoms with Gasteiger partial charge in [0.25, 0.3) is 0 Å². The number of benzene rings is 1. The van der Waals surface area contributed by atoms with E-state index in [2.05, 4.69) is 39.9 Å². The van der Waals surface area contributed by atoms with Crippen molar-refractivity contribution in [1.29, 1.82) is 0 Å². The lowest BCUT2D eigenvalue weighted by Gasteiger charge is -2.16. The Kier molecular flexibility index (Phi) is 4.69. The zero-order valence-electron chi connectivity index (χ0n) is 11.1. The molecule has 0 fully saturated rings. The smallest absolute Gasteiger partial charge is 0.138 e. The number of halogens is 2. The van der Waals surface area contributed by atoms with E-state index in [0.717, 1.165) is 11.4 Å². The van der Waals surface area contributed by atoms with Gasteiger partial charge in [-0.1, -0.05) is 34.1 Å². The van der Waals surface area contributed by atoms with E-state index in [0.29, 0.717) is 11.8 Å². The molecular formula is C14H17BrFN3. The van der Waals surface area contributed by atoms with Crippen LogP contribution < -0.4 is 0 Å². The first-order valence-corrected chi connectivity index (χ1v) is 7.44. The van der Waals surface area contributed by atoms with Crippen molar-refractivity contribution in [3.63, 3.8) is 0 Å². The summed E-state index contributed by atoms with van der Waals surface area (Å²) in [6, 6.07) is 7.16. The van der Waals surface area contributed by atoms with E-state index < -0.39 is 0 Å². The van der Waals surface area contributed by atoms with Crippen molar-refractivity contribution in [3.05, 3.63) is 47.8 Å². The third-order valence-electron chi connectivity index (χ3n) is 3.10. The van der Waals surface area contributed by atoms with E-state index in [9.17, 15) is 4.39 Å². The number of hydrogen-bond donors (Lipinski definition) is 0. The van der Waals surface area contributed by atoms with Gasteiger partial charge in [0.05, 0.1) is 0 Å². The van der Waals surface area contributed by atoms with E-state index in [-0.39, 0.29) is 17.8 Å². The van der Waals surface area contributed by atoms with Gasteiger partial charge in [-0.2, -0.15) is 5.10 Å². The highest BCUT2D eigenvalue weighted by atomic mass is 79.9. The maximum absolute atomic E-state index is 13.9. The van der Waals surface area contributed by atoms with Crippen molar-refractivity contribution in [2.24, 2.45) is 0 Å². The van der Waals surface area contributed by atoms with Gasteiger partial charge in [-0.3, -0.25) is 0 Å². The molecular weight excluding hydrogens is 309 g/mol. The molecule has 0 aliphatic carbocycles. The van der Waals surface area contributed by atoms with E-state index in [1.54, 1.807) is 12.4 Å². The maximum Gasteiger partial charge on any atom is 0.138 e. The predicted octanol–water partition coefficient (Wildman–Crippen LogP) is 3.72. The molecule has 2 aromatic rings. The Hall–Kier alpha value is -1.23. The van der Waals surface area contributed by atoms with Crippen molar-refractivity contribution in [3.8, 4) is 0 Å². The molecule has 0 bridgehead atoms. The Morgan fingerprint density at radius 3 is 2.68 bits per heavy atom. The zero-order chi connectivity index (χ0) is 13.8. The molecule has 102 valence electrons. The predicted molar refractivity (Wildman–Crippen MR) is 77.0 cm³/mol. The summed E-state index contributed by atoms with van der Waals surface area (Å²) in [5.41, 5.74) is 0.720. The largest absolute Gasteiger partial charge is 0.248 e. The van der Waals surface area contributed by atoms with Crippen LogP contribution in [0.3, 0.4) is 0 Å². The van der Waals surface area contributed by atoms with Crippen molar-refractivity contribution < 1.29 is 4.39 Å². The molecule has 5 heteroatoms. The summed E-state index contributed by atoms with van der Waals surface area (Å²) in [7, 11) is 0. The molecule has 1 atom stereocenters. The minimum absolute atomic E-state index is 0.0582. The molecule has 1 unspecified atom stereocenters. The quantitative estimate of drug-likeness (QED) is 0.784. The summed E-state index contributed by atoms with van der Waals surface area (Å²) < 4.78 is 15.7. The summed E-state index contributed by atoms with van der Waals surface area (Å²) in [6.45, 7) is 4.12. The Labute approximate surface area is 121 Å². The van der Waals surface area contributed by atoms with Crippen LogP contribution in [0.1, 0.15) is 37.2 Å². The molecule has 1 heterocycles. The summed E-state index contributed by atoms with van der Waals surface area (Å²) in [5, 5.41) is 4.91. The second kappa shape index (κ2) is 6.28. The van der Waals surface area contributed by atoms with Crippen molar-refractivity contribution in [1.82, 2.24) is 14.8 Å². The first-order chi connectivity index (χ1) is 9.13. The molecule has 2 rings (SSSR count). The van der Waals surface area contributed by atoms with Crippen molar-refractivity contribution in [2.45, 2.75) is 32.2 Å². The number of hydrogen-bond acceptors (Lipinski definition) is 2. The Morgan fingerprint density at radius 1 is 1.32 bits per heavy atom. The van der Waals surface area contributed by atoms with E-state index >= 15 is 0 Å². The monoisotopic (exact) mass is 325 g/mol. The molecule has 0 amide bonds. The minimum atomic E-state index is -0.164. The number of nitrogens with zero attached hydrogens (tertiary/aromatic N) is 3. The summed E-state index contributed by atoms with van der Waals surface area (Å²) >= 11 is 3.47. The van der Waals surface area contributed by atoms with E-state index in [1.807, 2.05) is 16.8 Å². The van der Waals surface area contributed by atoms with Crippen LogP contribution in [0, 0.1) is 5.82 Å². The summed E-state index contributed by atoms with van der Waals surface area (Å²) in [5.74, 6) is 0.785. The van der Waals surface area contributed by atoms with E-state index in [1.165, 1.54) is 6.07 Å². The number of alkyl halides is 1. The third-order valence-corrected chi connectivity index (χ3v) is 3.88. The number of rotatable bonds is 5. The fraction of sp³-hybridized carbons (Fsp3) is 0.429. The second-order valence-corrected chi connectivity index (χ2v) is 5.44. The molecule has 0 saturated heterocycles. The van der Waals surface area contributed by atoms with Crippen LogP contribution in [-0.4, -0.2) is 20.1 Å². The maximum atomic E-state index is 13.9. The molecule has 0 radical (unpaired) electrons. The molecule has 0 spiro atoms. The van der Waals surface area contributed by atoms with Crippen molar-refractivity contribution in [2.75, 3.05) is 5.33 Å². The average Bonchev–Trinajstić information content (AvgIpc) is 2.85. The van der Waals surface area contributed by atoms with E-state index in [4.69, 9.17) is 0 Å². The highest BCUT2D eigenvalue weighted by Gasteiger charge is 2.18. The first kappa shape index (κ1) is 14.2. The zero-order valence-corrected chi connectivity index (χ0v) is 12.6. The molecule has 1 aromatic carbocycles. The lowest BCUT2D eigenvalue weighted by Crippen LogP contribution is -2.14. The number of aromatic nitrogens is 3. The van der Waals surface area contributed by atoms with Gasteiger partial charge in [-0.25, -0.2) is 14.1 Å². The Balaban J connectivity index is 2.25. The summed E-state index contributed by atoms with van der Waals surface area (Å²) in [6.07, 6.45) is 2.23. The third kappa shape index (κ3) is 3.21. The van der Waals surface area contributed by atoms with Crippen LogP contribution in [0.2, 0.25) is 0 Å². The fourth-order valence-corrected chi connectivity index (χ4v) is 2.70. The highest BCUT2D eigenvalue weighted by Crippen LogP contribution is 2.25. The molecule has 1 aromatic heterocycles. The molecule has 0 saturated carbocycles. The molecule has 0 aliphatic rings. The van der Waals surface area contributed by atoms with Crippen LogP contribution in [-0.2, 0) is 6.42 Å². The Morgan fingerprint density at radius 2 is 2.05 bits per heavy atom. The van der Waals surface area contributed by atoms with Gasteiger partial charge in [0.2, 0.25) is 0 Å². The lowest BCUT2D eigenvalue weighted by atomic mass is 9.97. The lowest BCUT2D eigenvalue weighted by molar-refractivity contribution is 0.493. The molecule has 3 nitrogen and oxygen atoms in total. The molecule has 0 aliphatic heterocycles. The minimum Gasteiger partial charge on any atom is -0.248 e. The van der Waals surface area contributed by atoms with Gasteiger partial charge in [0, 0.05) is 23.7 Å². The van der Waals surface area contributed by atoms with Crippen LogP contribution in [0.4, 0.5) is 4.39 Å².